The Morgan fingerprint density at radius 2 is 2.36 bits per heavy atom. The fourth-order valence-corrected chi connectivity index (χ4v) is 2.21. The van der Waals surface area contributed by atoms with E-state index in [9.17, 15) is 0 Å². The van der Waals surface area contributed by atoms with Gasteiger partial charge in [-0.2, -0.15) is 0 Å². The molecule has 1 atom stereocenters. The molecule has 0 aromatic carbocycles. The molecule has 1 aromatic rings. The smallest absolute Gasteiger partial charge is 0.0558 e. The summed E-state index contributed by atoms with van der Waals surface area (Å²) in [5, 5.41) is 9.62. The Hall–Kier alpha value is -0.0900. The van der Waals surface area contributed by atoms with Crippen LogP contribution in [0, 0.1) is 0 Å². The number of halogens is 1. The van der Waals surface area contributed by atoms with Crippen molar-refractivity contribution in [1.29, 1.82) is 0 Å². The minimum absolute atomic E-state index is 0.480. The van der Waals surface area contributed by atoms with Crippen LogP contribution in [0.3, 0.4) is 0 Å². The highest BCUT2D eigenvalue weighted by molar-refractivity contribution is 7.10. The molecule has 0 fully saturated rings. The minimum atomic E-state index is 0.480. The molecule has 0 radical (unpaired) electrons. The standard InChI is InChI=1S/C10H17ClN2S/c1-3-12-6-8(2)13-7-10-9(11)4-5-14-10/h4-5,8,12-13H,3,6-7H2,1-2H3. The maximum absolute atomic E-state index is 5.98. The molecule has 80 valence electrons. The van der Waals surface area contributed by atoms with Crippen LogP contribution in [0.15, 0.2) is 11.4 Å². The lowest BCUT2D eigenvalue weighted by molar-refractivity contribution is 0.511. The fourth-order valence-electron chi connectivity index (χ4n) is 1.15. The molecular formula is C10H17ClN2S. The van der Waals surface area contributed by atoms with Crippen LogP contribution in [-0.2, 0) is 6.54 Å². The second-order valence-corrected chi connectivity index (χ2v) is 4.69. The van der Waals surface area contributed by atoms with Crippen LogP contribution in [0.2, 0.25) is 5.02 Å². The van der Waals surface area contributed by atoms with Gasteiger partial charge in [0.1, 0.15) is 0 Å². The van der Waals surface area contributed by atoms with Crippen LogP contribution in [0.4, 0.5) is 0 Å². The van der Waals surface area contributed by atoms with Gasteiger partial charge in [0.05, 0.1) is 5.02 Å². The minimum Gasteiger partial charge on any atom is -0.315 e. The topological polar surface area (TPSA) is 24.1 Å². The van der Waals surface area contributed by atoms with Crippen molar-refractivity contribution in [3.63, 3.8) is 0 Å². The average molecular weight is 233 g/mol. The largest absolute Gasteiger partial charge is 0.315 e. The molecule has 0 bridgehead atoms. The number of rotatable bonds is 6. The van der Waals surface area contributed by atoms with E-state index in [1.54, 1.807) is 11.3 Å². The summed E-state index contributed by atoms with van der Waals surface area (Å²) in [6.07, 6.45) is 0. The van der Waals surface area contributed by atoms with Gasteiger partial charge in [-0.3, -0.25) is 0 Å². The predicted octanol–water partition coefficient (Wildman–Crippen LogP) is 2.49. The van der Waals surface area contributed by atoms with E-state index >= 15 is 0 Å². The van der Waals surface area contributed by atoms with Gasteiger partial charge in [-0.25, -0.2) is 0 Å². The van der Waals surface area contributed by atoms with Crippen LogP contribution in [-0.4, -0.2) is 19.1 Å². The predicted molar refractivity (Wildman–Crippen MR) is 64.2 cm³/mol. The molecule has 14 heavy (non-hydrogen) atoms. The van der Waals surface area contributed by atoms with Crippen LogP contribution in [0.1, 0.15) is 18.7 Å². The van der Waals surface area contributed by atoms with Crippen LogP contribution in [0.5, 0.6) is 0 Å². The first-order chi connectivity index (χ1) is 6.74. The van der Waals surface area contributed by atoms with Crippen molar-refractivity contribution in [3.05, 3.63) is 21.3 Å². The quantitative estimate of drug-likeness (QED) is 0.788. The second kappa shape index (κ2) is 6.40. The normalized spacial score (nSPS) is 13.1. The van der Waals surface area contributed by atoms with Gasteiger partial charge in [0.25, 0.3) is 0 Å². The van der Waals surface area contributed by atoms with Gasteiger partial charge >= 0.3 is 0 Å². The highest BCUT2D eigenvalue weighted by Crippen LogP contribution is 2.21. The van der Waals surface area contributed by atoms with Crippen molar-refractivity contribution in [2.24, 2.45) is 0 Å². The molecule has 1 aromatic heterocycles. The van der Waals surface area contributed by atoms with Crippen molar-refractivity contribution in [2.45, 2.75) is 26.4 Å². The van der Waals surface area contributed by atoms with Gasteiger partial charge in [0, 0.05) is 24.0 Å². The van der Waals surface area contributed by atoms with Crippen LogP contribution < -0.4 is 10.6 Å². The Balaban J connectivity index is 2.23. The molecule has 1 rings (SSSR count). The molecule has 0 aliphatic rings. The van der Waals surface area contributed by atoms with E-state index in [0.717, 1.165) is 24.7 Å². The van der Waals surface area contributed by atoms with Crippen LogP contribution >= 0.6 is 22.9 Å². The van der Waals surface area contributed by atoms with Gasteiger partial charge in [-0.05, 0) is 24.9 Å². The zero-order valence-electron chi connectivity index (χ0n) is 8.64. The summed E-state index contributed by atoms with van der Waals surface area (Å²) < 4.78 is 0. The Bertz CT molecular complexity index is 262. The third kappa shape index (κ3) is 3.96. The molecule has 2 N–H and O–H groups in total. The van der Waals surface area contributed by atoms with E-state index < -0.39 is 0 Å². The molecule has 0 saturated heterocycles. The number of hydrogen-bond donors (Lipinski definition) is 2. The summed E-state index contributed by atoms with van der Waals surface area (Å²) in [6, 6.07) is 2.42. The van der Waals surface area contributed by atoms with E-state index in [1.807, 2.05) is 11.4 Å². The fraction of sp³-hybridized carbons (Fsp3) is 0.600. The van der Waals surface area contributed by atoms with Crippen molar-refractivity contribution < 1.29 is 0 Å². The summed E-state index contributed by atoms with van der Waals surface area (Å²) in [4.78, 5) is 1.22. The summed E-state index contributed by atoms with van der Waals surface area (Å²) in [7, 11) is 0. The number of nitrogens with one attached hydrogen (secondary N) is 2. The highest BCUT2D eigenvalue weighted by atomic mass is 35.5. The maximum Gasteiger partial charge on any atom is 0.0558 e. The molecule has 0 saturated carbocycles. The summed E-state index contributed by atoms with van der Waals surface area (Å²) in [5.74, 6) is 0. The maximum atomic E-state index is 5.98. The first kappa shape index (κ1) is 12.0. The molecule has 1 unspecified atom stereocenters. The monoisotopic (exact) mass is 232 g/mol. The Morgan fingerprint density at radius 3 is 2.93 bits per heavy atom. The molecule has 0 amide bonds. The lowest BCUT2D eigenvalue weighted by atomic mass is 10.3. The molecule has 4 heteroatoms. The van der Waals surface area contributed by atoms with E-state index in [0.29, 0.717) is 6.04 Å². The highest BCUT2D eigenvalue weighted by Gasteiger charge is 2.04. The summed E-state index contributed by atoms with van der Waals surface area (Å²) in [6.45, 7) is 7.17. The van der Waals surface area contributed by atoms with Crippen molar-refractivity contribution in [2.75, 3.05) is 13.1 Å². The van der Waals surface area contributed by atoms with Gasteiger partial charge in [-0.15, -0.1) is 11.3 Å². The Morgan fingerprint density at radius 1 is 1.57 bits per heavy atom. The number of hydrogen-bond acceptors (Lipinski definition) is 3. The molecular weight excluding hydrogens is 216 g/mol. The van der Waals surface area contributed by atoms with Crippen LogP contribution in [0.25, 0.3) is 0 Å². The molecule has 0 spiro atoms. The lowest BCUT2D eigenvalue weighted by Gasteiger charge is -2.13. The average Bonchev–Trinajstić information content (AvgIpc) is 2.58. The zero-order chi connectivity index (χ0) is 10.4. The third-order valence-electron chi connectivity index (χ3n) is 2.00. The van der Waals surface area contributed by atoms with E-state index in [1.165, 1.54) is 4.88 Å². The van der Waals surface area contributed by atoms with Crippen molar-refractivity contribution in [1.82, 2.24) is 10.6 Å². The zero-order valence-corrected chi connectivity index (χ0v) is 10.2. The Labute approximate surface area is 94.7 Å². The number of likely N-dealkylation sites (N-methyl/N-ethyl adjacent to an activating group) is 1. The van der Waals surface area contributed by atoms with Gasteiger partial charge in [0.2, 0.25) is 0 Å². The lowest BCUT2D eigenvalue weighted by Crippen LogP contribution is -2.35. The third-order valence-corrected chi connectivity index (χ3v) is 3.39. The molecule has 0 aliphatic heterocycles. The first-order valence-corrected chi connectivity index (χ1v) is 6.15. The molecule has 2 nitrogen and oxygen atoms in total. The van der Waals surface area contributed by atoms with Gasteiger partial charge < -0.3 is 10.6 Å². The number of thiophene rings is 1. The van der Waals surface area contributed by atoms with Gasteiger partial charge in [0.15, 0.2) is 0 Å². The van der Waals surface area contributed by atoms with Crippen molar-refractivity contribution >= 4 is 22.9 Å². The molecule has 1 heterocycles. The summed E-state index contributed by atoms with van der Waals surface area (Å²) >= 11 is 7.68. The Kier molecular flexibility index (Phi) is 5.48. The second-order valence-electron chi connectivity index (χ2n) is 3.28. The molecule has 0 aliphatic carbocycles. The SMILES string of the molecule is CCNCC(C)NCc1sccc1Cl. The van der Waals surface area contributed by atoms with E-state index in [2.05, 4.69) is 24.5 Å². The van der Waals surface area contributed by atoms with E-state index in [4.69, 9.17) is 11.6 Å². The van der Waals surface area contributed by atoms with Crippen molar-refractivity contribution in [3.8, 4) is 0 Å². The van der Waals surface area contributed by atoms with Gasteiger partial charge in [-0.1, -0.05) is 18.5 Å². The first-order valence-electron chi connectivity index (χ1n) is 4.90. The van der Waals surface area contributed by atoms with E-state index in [-0.39, 0.29) is 0 Å². The summed E-state index contributed by atoms with van der Waals surface area (Å²) in [5.41, 5.74) is 0.